The van der Waals surface area contributed by atoms with E-state index in [0.29, 0.717) is 19.8 Å². The van der Waals surface area contributed by atoms with Crippen LogP contribution in [0.15, 0.2) is 29.0 Å². The summed E-state index contributed by atoms with van der Waals surface area (Å²) in [7, 11) is 0. The molecule has 0 spiro atoms. The monoisotopic (exact) mass is 251 g/mol. The van der Waals surface area contributed by atoms with Gasteiger partial charge in [0.25, 0.3) is 5.91 Å². The normalized spacial score (nSPS) is 10.5. The molecule has 0 radical (unpaired) electrons. The van der Waals surface area contributed by atoms with Gasteiger partial charge >= 0.3 is 0 Å². The smallest absolute Gasteiger partial charge is 0.287 e. The lowest BCUT2D eigenvalue weighted by Gasteiger charge is -2.01. The number of aromatic nitrogens is 3. The van der Waals surface area contributed by atoms with Crippen LogP contribution in [-0.4, -0.2) is 27.5 Å². The molecule has 8 nitrogen and oxygen atoms in total. The van der Waals surface area contributed by atoms with Crippen LogP contribution in [0.3, 0.4) is 0 Å². The summed E-state index contributed by atoms with van der Waals surface area (Å²) in [6.45, 7) is 1.33. The van der Waals surface area contributed by atoms with Crippen LogP contribution in [0.4, 0.5) is 0 Å². The van der Waals surface area contributed by atoms with E-state index in [1.54, 1.807) is 12.3 Å². The minimum Gasteiger partial charge on any atom is -0.467 e. The Morgan fingerprint density at radius 1 is 1.61 bits per heavy atom. The van der Waals surface area contributed by atoms with Gasteiger partial charge in [0, 0.05) is 0 Å². The molecule has 0 aliphatic heterocycles. The number of carbonyl (C=O) groups is 1. The maximum Gasteiger partial charge on any atom is 0.287 e. The van der Waals surface area contributed by atoms with Crippen molar-refractivity contribution in [2.24, 2.45) is 5.84 Å². The third kappa shape index (κ3) is 3.15. The van der Waals surface area contributed by atoms with Gasteiger partial charge in [0.05, 0.1) is 25.6 Å². The third-order valence-electron chi connectivity index (χ3n) is 2.19. The van der Waals surface area contributed by atoms with E-state index in [-0.39, 0.29) is 5.69 Å². The van der Waals surface area contributed by atoms with E-state index in [0.717, 1.165) is 5.76 Å². The summed E-state index contributed by atoms with van der Waals surface area (Å²) in [5.41, 5.74) is 2.15. The minimum atomic E-state index is -0.474. The Hall–Kier alpha value is -2.19. The molecule has 8 heteroatoms. The van der Waals surface area contributed by atoms with Crippen LogP contribution < -0.4 is 11.3 Å². The van der Waals surface area contributed by atoms with Gasteiger partial charge in [-0.3, -0.25) is 10.2 Å². The number of nitrogens with one attached hydrogen (secondary N) is 1. The van der Waals surface area contributed by atoms with Gasteiger partial charge in [-0.05, 0) is 12.1 Å². The fourth-order valence-electron chi connectivity index (χ4n) is 1.31. The molecule has 2 aromatic rings. The molecule has 0 aliphatic carbocycles. The van der Waals surface area contributed by atoms with E-state index in [4.69, 9.17) is 15.0 Å². The van der Waals surface area contributed by atoms with Crippen LogP contribution >= 0.6 is 0 Å². The highest BCUT2D eigenvalue weighted by atomic mass is 16.5. The van der Waals surface area contributed by atoms with Crippen LogP contribution in [-0.2, 0) is 17.9 Å². The maximum absolute atomic E-state index is 11.1. The summed E-state index contributed by atoms with van der Waals surface area (Å²) < 4.78 is 12.0. The molecule has 2 rings (SSSR count). The van der Waals surface area contributed by atoms with E-state index in [9.17, 15) is 4.79 Å². The van der Waals surface area contributed by atoms with Gasteiger partial charge in [-0.1, -0.05) is 5.21 Å². The number of carbonyl (C=O) groups excluding carboxylic acids is 1. The second-order valence-corrected chi connectivity index (χ2v) is 3.47. The van der Waals surface area contributed by atoms with E-state index < -0.39 is 5.91 Å². The number of furan rings is 1. The SMILES string of the molecule is NNC(=O)c1cn(CCOCc2ccco2)nn1. The van der Waals surface area contributed by atoms with Crippen molar-refractivity contribution in [3.63, 3.8) is 0 Å². The predicted octanol–water partition coefficient (Wildman–Crippen LogP) is -0.309. The second-order valence-electron chi connectivity index (χ2n) is 3.47. The summed E-state index contributed by atoms with van der Waals surface area (Å²) >= 11 is 0. The Bertz CT molecular complexity index is 493. The first kappa shape index (κ1) is 12.3. The number of hydrazine groups is 1. The van der Waals surface area contributed by atoms with E-state index in [1.165, 1.54) is 10.9 Å². The summed E-state index contributed by atoms with van der Waals surface area (Å²) in [6.07, 6.45) is 3.09. The fraction of sp³-hybridized carbons (Fsp3) is 0.300. The molecule has 0 fully saturated rings. The molecule has 18 heavy (non-hydrogen) atoms. The average molecular weight is 251 g/mol. The number of hydrogen-bond acceptors (Lipinski definition) is 6. The van der Waals surface area contributed by atoms with Crippen LogP contribution in [0, 0.1) is 0 Å². The topological polar surface area (TPSA) is 108 Å². The minimum absolute atomic E-state index is 0.170. The second kappa shape index (κ2) is 5.94. The van der Waals surface area contributed by atoms with Gasteiger partial charge in [0.15, 0.2) is 5.69 Å². The molecule has 1 amide bonds. The van der Waals surface area contributed by atoms with Crippen LogP contribution in [0.25, 0.3) is 0 Å². The molecule has 0 aromatic carbocycles. The Morgan fingerprint density at radius 3 is 3.22 bits per heavy atom. The molecule has 2 aromatic heterocycles. The standard InChI is InChI=1S/C10H13N5O3/c11-12-10(16)9-6-15(14-13-9)3-5-17-7-8-2-1-4-18-8/h1-2,4,6H,3,5,7,11H2,(H,12,16). The Labute approximate surface area is 103 Å². The maximum atomic E-state index is 11.1. The number of hydrogen-bond donors (Lipinski definition) is 2. The molecule has 0 atom stereocenters. The summed E-state index contributed by atoms with van der Waals surface area (Å²) in [6, 6.07) is 3.63. The van der Waals surface area contributed by atoms with Crippen molar-refractivity contribution in [3.8, 4) is 0 Å². The molecule has 0 bridgehead atoms. The zero-order valence-electron chi connectivity index (χ0n) is 9.57. The molecule has 2 heterocycles. The predicted molar refractivity (Wildman–Crippen MR) is 60.0 cm³/mol. The zero-order valence-corrected chi connectivity index (χ0v) is 9.57. The largest absolute Gasteiger partial charge is 0.467 e. The highest BCUT2D eigenvalue weighted by molar-refractivity contribution is 5.91. The Balaban J connectivity index is 1.73. The lowest BCUT2D eigenvalue weighted by atomic mass is 10.4. The molecular formula is C10H13N5O3. The number of ether oxygens (including phenoxy) is 1. The first-order valence-electron chi connectivity index (χ1n) is 5.31. The first-order chi connectivity index (χ1) is 8.79. The number of nitrogen functional groups attached to an aromatic ring is 1. The number of nitrogens with zero attached hydrogens (tertiary/aromatic N) is 3. The van der Waals surface area contributed by atoms with Gasteiger partial charge in [0.2, 0.25) is 0 Å². The zero-order chi connectivity index (χ0) is 12.8. The summed E-state index contributed by atoms with van der Waals surface area (Å²) in [5.74, 6) is 5.26. The van der Waals surface area contributed by atoms with Gasteiger partial charge in [-0.25, -0.2) is 10.5 Å². The fourth-order valence-corrected chi connectivity index (χ4v) is 1.31. The van der Waals surface area contributed by atoms with Crippen molar-refractivity contribution in [2.45, 2.75) is 13.2 Å². The third-order valence-corrected chi connectivity index (χ3v) is 2.19. The molecule has 0 aliphatic rings. The van der Waals surface area contributed by atoms with Crippen molar-refractivity contribution in [1.82, 2.24) is 20.4 Å². The molecule has 96 valence electrons. The number of rotatable bonds is 6. The van der Waals surface area contributed by atoms with Crippen molar-refractivity contribution in [3.05, 3.63) is 36.0 Å². The average Bonchev–Trinajstić information content (AvgIpc) is 3.05. The molecule has 3 N–H and O–H groups in total. The van der Waals surface area contributed by atoms with Crippen molar-refractivity contribution >= 4 is 5.91 Å². The highest BCUT2D eigenvalue weighted by Crippen LogP contribution is 2.01. The quantitative estimate of drug-likeness (QED) is 0.315. The number of nitrogens with two attached hydrogens (primary N) is 1. The molecule has 0 saturated carbocycles. The van der Waals surface area contributed by atoms with E-state index >= 15 is 0 Å². The van der Waals surface area contributed by atoms with Gasteiger partial charge in [0.1, 0.15) is 12.4 Å². The van der Waals surface area contributed by atoms with E-state index in [2.05, 4.69) is 10.3 Å². The van der Waals surface area contributed by atoms with Crippen molar-refractivity contribution < 1.29 is 13.9 Å². The van der Waals surface area contributed by atoms with Crippen LogP contribution in [0.5, 0.6) is 0 Å². The molecule has 0 saturated heterocycles. The summed E-state index contributed by atoms with van der Waals surface area (Å²) in [4.78, 5) is 11.1. The van der Waals surface area contributed by atoms with E-state index in [1.807, 2.05) is 11.5 Å². The highest BCUT2D eigenvalue weighted by Gasteiger charge is 2.08. The van der Waals surface area contributed by atoms with Crippen LogP contribution in [0.2, 0.25) is 0 Å². The van der Waals surface area contributed by atoms with Crippen molar-refractivity contribution in [1.29, 1.82) is 0 Å². The number of amides is 1. The Kier molecular flexibility index (Phi) is 4.05. The van der Waals surface area contributed by atoms with Crippen LogP contribution in [0.1, 0.15) is 16.2 Å². The Morgan fingerprint density at radius 2 is 2.50 bits per heavy atom. The van der Waals surface area contributed by atoms with Gasteiger partial charge < -0.3 is 9.15 Å². The lowest BCUT2D eigenvalue weighted by molar-refractivity contribution is 0.0946. The summed E-state index contributed by atoms with van der Waals surface area (Å²) in [5, 5.41) is 7.43. The first-order valence-corrected chi connectivity index (χ1v) is 5.31. The van der Waals surface area contributed by atoms with Crippen molar-refractivity contribution in [2.75, 3.05) is 6.61 Å². The van der Waals surface area contributed by atoms with Gasteiger partial charge in [-0.2, -0.15) is 0 Å². The lowest BCUT2D eigenvalue weighted by Crippen LogP contribution is -2.30. The molecule has 0 unspecified atom stereocenters. The van der Waals surface area contributed by atoms with Gasteiger partial charge in [-0.15, -0.1) is 5.10 Å². The molecular weight excluding hydrogens is 238 g/mol.